The molecule has 1 aromatic heterocycles. The molecule has 5 N–H and O–H groups in total. The molecule has 13 heteroatoms. The van der Waals surface area contributed by atoms with Crippen molar-refractivity contribution in [3.63, 3.8) is 0 Å². The van der Waals surface area contributed by atoms with Crippen LogP contribution in [-0.4, -0.2) is 29.4 Å². The highest BCUT2D eigenvalue weighted by atomic mass is 35.5. The van der Waals surface area contributed by atoms with E-state index in [0.29, 0.717) is 17.2 Å². The zero-order chi connectivity index (χ0) is 23.3. The minimum Gasteiger partial charge on any atom is -0.457 e. The van der Waals surface area contributed by atoms with Gasteiger partial charge in [0.1, 0.15) is 17.2 Å². The number of pyridine rings is 1. The van der Waals surface area contributed by atoms with Gasteiger partial charge in [-0.3, -0.25) is 9.78 Å². The number of alkyl halides is 3. The molecule has 0 radical (unpaired) electrons. The van der Waals surface area contributed by atoms with E-state index in [0.717, 1.165) is 12.1 Å². The van der Waals surface area contributed by atoms with Gasteiger partial charge in [-0.2, -0.15) is 13.2 Å². The number of halogens is 5. The zero-order valence-electron chi connectivity index (χ0n) is 17.4. The smallest absolute Gasteiger partial charge is 0.417 e. The Kier molecular flexibility index (Phi) is 10.1. The number of urea groups is 1. The van der Waals surface area contributed by atoms with Crippen molar-refractivity contribution >= 4 is 47.3 Å². The first-order valence-electron chi connectivity index (χ1n) is 9.06. The van der Waals surface area contributed by atoms with Gasteiger partial charge in [0.2, 0.25) is 0 Å². The molecule has 2 aromatic carbocycles. The van der Waals surface area contributed by atoms with E-state index in [1.165, 1.54) is 25.4 Å². The average Bonchev–Trinajstić information content (AvgIpc) is 2.75. The summed E-state index contributed by atoms with van der Waals surface area (Å²) in [6, 6.07) is 11.6. The fraction of sp³-hybridized carbons (Fsp3) is 0.0952. The summed E-state index contributed by atoms with van der Waals surface area (Å²) in [6.45, 7) is 0. The Balaban J connectivity index is 0.00000289. The maximum atomic E-state index is 12.9. The third-order valence-electron chi connectivity index (χ3n) is 4.07. The molecule has 0 aliphatic rings. The average molecular weight is 519 g/mol. The van der Waals surface area contributed by atoms with E-state index in [1.807, 2.05) is 0 Å². The van der Waals surface area contributed by atoms with Gasteiger partial charge in [0.25, 0.3) is 5.91 Å². The number of carbonyl (C=O) groups is 2. The Morgan fingerprint density at radius 3 is 2.18 bits per heavy atom. The second-order valence-corrected chi connectivity index (χ2v) is 6.76. The molecule has 0 atom stereocenters. The lowest BCUT2D eigenvalue weighted by Crippen LogP contribution is -2.19. The van der Waals surface area contributed by atoms with Crippen molar-refractivity contribution in [2.45, 2.75) is 6.18 Å². The minimum absolute atomic E-state index is 0. The predicted molar refractivity (Wildman–Crippen MR) is 124 cm³/mol. The molecule has 0 aliphatic heterocycles. The molecular formula is C21H19Cl2F3N4O4. The Hall–Kier alpha value is -3.54. The molecule has 182 valence electrons. The fourth-order valence-corrected chi connectivity index (χ4v) is 2.81. The SMILES string of the molecule is CNC(=O)c1cc(Oc2ccc(NC(=O)Nc3ccc(Cl)c(C(F)(F)F)c3)cc2)ccn1.Cl.O. The van der Waals surface area contributed by atoms with Crippen LogP contribution in [0.25, 0.3) is 0 Å². The van der Waals surface area contributed by atoms with Gasteiger partial charge in [0.15, 0.2) is 0 Å². The highest BCUT2D eigenvalue weighted by Gasteiger charge is 2.33. The van der Waals surface area contributed by atoms with Crippen molar-refractivity contribution in [1.29, 1.82) is 0 Å². The van der Waals surface area contributed by atoms with Crippen LogP contribution in [0.4, 0.5) is 29.3 Å². The molecule has 3 amide bonds. The van der Waals surface area contributed by atoms with Gasteiger partial charge in [-0.15, -0.1) is 12.4 Å². The van der Waals surface area contributed by atoms with Crippen LogP contribution in [0.5, 0.6) is 11.5 Å². The van der Waals surface area contributed by atoms with Gasteiger partial charge in [0.05, 0.1) is 10.6 Å². The number of rotatable bonds is 5. The molecule has 0 fully saturated rings. The van der Waals surface area contributed by atoms with Crippen LogP contribution in [0, 0.1) is 0 Å². The van der Waals surface area contributed by atoms with Gasteiger partial charge in [-0.05, 0) is 48.5 Å². The Bertz CT molecular complexity index is 1150. The molecule has 8 nitrogen and oxygen atoms in total. The topological polar surface area (TPSA) is 124 Å². The number of aromatic nitrogens is 1. The van der Waals surface area contributed by atoms with Crippen LogP contribution < -0.4 is 20.7 Å². The molecule has 1 heterocycles. The number of ether oxygens (including phenoxy) is 1. The quantitative estimate of drug-likeness (QED) is 0.432. The Morgan fingerprint density at radius 2 is 1.56 bits per heavy atom. The largest absolute Gasteiger partial charge is 0.457 e. The molecule has 3 rings (SSSR count). The number of carbonyl (C=O) groups excluding carboxylic acids is 2. The Morgan fingerprint density at radius 1 is 0.941 bits per heavy atom. The first-order chi connectivity index (χ1) is 15.2. The monoisotopic (exact) mass is 518 g/mol. The summed E-state index contributed by atoms with van der Waals surface area (Å²) in [6.07, 6.45) is -3.21. The summed E-state index contributed by atoms with van der Waals surface area (Å²) in [5.74, 6) is 0.460. The first-order valence-corrected chi connectivity index (χ1v) is 9.44. The Labute approximate surface area is 203 Å². The molecule has 34 heavy (non-hydrogen) atoms. The van der Waals surface area contributed by atoms with Gasteiger partial charge in [-0.25, -0.2) is 4.79 Å². The number of nitrogens with one attached hydrogen (secondary N) is 3. The maximum absolute atomic E-state index is 12.9. The second-order valence-electron chi connectivity index (χ2n) is 6.35. The molecular weight excluding hydrogens is 500 g/mol. The van der Waals surface area contributed by atoms with Crippen LogP contribution in [0.3, 0.4) is 0 Å². The van der Waals surface area contributed by atoms with E-state index < -0.39 is 22.8 Å². The highest BCUT2D eigenvalue weighted by Crippen LogP contribution is 2.36. The number of amides is 3. The van der Waals surface area contributed by atoms with E-state index in [2.05, 4.69) is 20.9 Å². The van der Waals surface area contributed by atoms with Gasteiger partial charge >= 0.3 is 12.2 Å². The third-order valence-corrected chi connectivity index (χ3v) is 4.40. The molecule has 0 bridgehead atoms. The van der Waals surface area contributed by atoms with E-state index in [-0.39, 0.29) is 35.2 Å². The summed E-state index contributed by atoms with van der Waals surface area (Å²) in [7, 11) is 1.49. The predicted octanol–water partition coefficient (Wildman–Crippen LogP) is 5.15. The zero-order valence-corrected chi connectivity index (χ0v) is 18.9. The van der Waals surface area contributed by atoms with Crippen LogP contribution in [-0.2, 0) is 6.18 Å². The molecule has 3 aromatic rings. The number of hydrogen-bond acceptors (Lipinski definition) is 4. The summed E-state index contributed by atoms with van der Waals surface area (Å²) >= 11 is 5.57. The number of hydrogen-bond donors (Lipinski definition) is 3. The van der Waals surface area contributed by atoms with Crippen molar-refractivity contribution in [1.82, 2.24) is 10.3 Å². The van der Waals surface area contributed by atoms with E-state index in [9.17, 15) is 22.8 Å². The minimum atomic E-state index is -4.64. The third kappa shape index (κ3) is 7.51. The second kappa shape index (κ2) is 12.1. The highest BCUT2D eigenvalue weighted by molar-refractivity contribution is 6.31. The van der Waals surface area contributed by atoms with E-state index in [1.54, 1.807) is 30.3 Å². The molecule has 0 aliphatic carbocycles. The van der Waals surface area contributed by atoms with Crippen LogP contribution in [0.1, 0.15) is 16.1 Å². The van der Waals surface area contributed by atoms with Gasteiger partial charge in [0, 0.05) is 30.7 Å². The maximum Gasteiger partial charge on any atom is 0.417 e. The van der Waals surface area contributed by atoms with Gasteiger partial charge in [-0.1, -0.05) is 11.6 Å². The first kappa shape index (κ1) is 28.5. The van der Waals surface area contributed by atoms with E-state index in [4.69, 9.17) is 16.3 Å². The van der Waals surface area contributed by atoms with Crippen molar-refractivity contribution in [3.8, 4) is 11.5 Å². The van der Waals surface area contributed by atoms with Gasteiger partial charge < -0.3 is 26.2 Å². The van der Waals surface area contributed by atoms with Crippen molar-refractivity contribution in [3.05, 3.63) is 77.1 Å². The number of nitrogens with zero attached hydrogens (tertiary/aromatic N) is 1. The number of anilines is 2. The normalized spacial score (nSPS) is 10.3. The van der Waals surface area contributed by atoms with Crippen LogP contribution >= 0.6 is 24.0 Å². The standard InChI is InChI=1S/C21H16ClF3N4O3.ClH.H2O/c1-26-19(30)18-11-15(8-9-27-18)32-14-5-2-12(3-6-14)28-20(31)29-13-4-7-17(22)16(10-13)21(23,24)25;;/h2-11H,1H3,(H,26,30)(H2,28,29,31);1H;1H2. The summed E-state index contributed by atoms with van der Waals surface area (Å²) in [5, 5.41) is 6.83. The lowest BCUT2D eigenvalue weighted by molar-refractivity contribution is -0.137. The van der Waals surface area contributed by atoms with Crippen molar-refractivity contribution in [2.24, 2.45) is 0 Å². The lowest BCUT2D eigenvalue weighted by atomic mass is 10.2. The van der Waals surface area contributed by atoms with Crippen molar-refractivity contribution < 1.29 is 33.0 Å². The molecule has 0 unspecified atom stereocenters. The molecule has 0 spiro atoms. The number of benzene rings is 2. The summed E-state index contributed by atoms with van der Waals surface area (Å²) < 4.78 is 44.5. The van der Waals surface area contributed by atoms with E-state index >= 15 is 0 Å². The molecule has 0 saturated carbocycles. The lowest BCUT2D eigenvalue weighted by Gasteiger charge is -2.12. The van der Waals surface area contributed by atoms with Crippen molar-refractivity contribution in [2.75, 3.05) is 17.7 Å². The summed E-state index contributed by atoms with van der Waals surface area (Å²) in [5.41, 5.74) is -0.547. The summed E-state index contributed by atoms with van der Waals surface area (Å²) in [4.78, 5) is 27.7. The van der Waals surface area contributed by atoms with Crippen LogP contribution in [0.15, 0.2) is 60.8 Å². The molecule has 0 saturated heterocycles. The van der Waals surface area contributed by atoms with Crippen LogP contribution in [0.2, 0.25) is 5.02 Å². The fourth-order valence-electron chi connectivity index (χ4n) is 2.58.